The zero-order valence-electron chi connectivity index (χ0n) is 20.4. The molecule has 0 amide bonds. The molecule has 0 aliphatic carbocycles. The van der Waals surface area contributed by atoms with Gasteiger partial charge >= 0.3 is 0 Å². The fraction of sp³-hybridized carbons (Fsp3) is 0.286. The van der Waals surface area contributed by atoms with E-state index >= 15 is 0 Å². The monoisotopic (exact) mass is 512 g/mol. The van der Waals surface area contributed by atoms with E-state index in [-0.39, 0.29) is 12.4 Å². The van der Waals surface area contributed by atoms with Crippen LogP contribution in [0.2, 0.25) is 0 Å². The first kappa shape index (κ1) is 23.8. The lowest BCUT2D eigenvalue weighted by molar-refractivity contribution is 0.613. The number of H-pyrrole nitrogens is 2. The Morgan fingerprint density at radius 3 is 1.86 bits per heavy atom. The number of imidazole rings is 2. The summed E-state index contributed by atoms with van der Waals surface area (Å²) in [4.78, 5) is 25.6. The SMILES string of the molecule is Cl.c1cc(-c2cnc(C3CCCN3)[nH]2)ccc1-c1ncc2cc(-c3cnc(C4CCCN4)[nH]3)ccc2n1. The van der Waals surface area contributed by atoms with Gasteiger partial charge < -0.3 is 20.6 Å². The molecule has 8 nitrogen and oxygen atoms in total. The van der Waals surface area contributed by atoms with E-state index in [0.717, 1.165) is 82.4 Å². The van der Waals surface area contributed by atoms with Crippen molar-refractivity contribution in [2.45, 2.75) is 37.8 Å². The van der Waals surface area contributed by atoms with Crippen LogP contribution in [-0.4, -0.2) is 43.0 Å². The summed E-state index contributed by atoms with van der Waals surface area (Å²) in [5.74, 6) is 2.75. The van der Waals surface area contributed by atoms with Crippen LogP contribution in [0.3, 0.4) is 0 Å². The van der Waals surface area contributed by atoms with Gasteiger partial charge in [0.05, 0.1) is 41.4 Å². The number of hydrogen-bond acceptors (Lipinski definition) is 6. The normalized spacial score (nSPS) is 19.4. The Morgan fingerprint density at radius 2 is 1.24 bits per heavy atom. The lowest BCUT2D eigenvalue weighted by Gasteiger charge is -2.07. The Balaban J connectivity index is 0.00000252. The molecule has 2 aliphatic rings. The van der Waals surface area contributed by atoms with E-state index in [1.165, 1.54) is 12.8 Å². The van der Waals surface area contributed by atoms with Crippen molar-refractivity contribution in [1.82, 2.24) is 40.5 Å². The van der Waals surface area contributed by atoms with Crippen molar-refractivity contribution in [2.24, 2.45) is 0 Å². The van der Waals surface area contributed by atoms with Gasteiger partial charge in [-0.05, 0) is 56.5 Å². The molecule has 188 valence electrons. The van der Waals surface area contributed by atoms with Crippen molar-refractivity contribution in [1.29, 1.82) is 0 Å². The maximum absolute atomic E-state index is 4.83. The minimum atomic E-state index is 0. The fourth-order valence-electron chi connectivity index (χ4n) is 5.30. The molecule has 0 spiro atoms. The van der Waals surface area contributed by atoms with Crippen LogP contribution < -0.4 is 10.6 Å². The van der Waals surface area contributed by atoms with Crippen molar-refractivity contribution < 1.29 is 0 Å². The van der Waals surface area contributed by atoms with Gasteiger partial charge in [0, 0.05) is 22.7 Å². The molecule has 0 saturated carbocycles. The largest absolute Gasteiger partial charge is 0.341 e. The average molecular weight is 513 g/mol. The molecule has 2 unspecified atom stereocenters. The van der Waals surface area contributed by atoms with E-state index in [4.69, 9.17) is 4.98 Å². The standard InChI is InChI=1S/C28H28N8.ClH/c1-3-22(29-11-1)27-32-15-24(35-27)17-5-7-18(8-6-17)26-31-14-20-13-19(9-10-21(20)34-26)25-16-33-28(36-25)23-4-2-12-30-23;/h5-10,13-16,22-23,29-30H,1-4,11-12H2,(H,32,35)(H,33,36);1H. The molecule has 4 N–H and O–H groups in total. The molecule has 7 rings (SSSR count). The molecule has 3 aromatic heterocycles. The van der Waals surface area contributed by atoms with Crippen LogP contribution >= 0.6 is 12.4 Å². The molecule has 2 aromatic carbocycles. The summed E-state index contributed by atoms with van der Waals surface area (Å²) in [6.45, 7) is 2.12. The fourth-order valence-corrected chi connectivity index (χ4v) is 5.30. The third-order valence-corrected chi connectivity index (χ3v) is 7.32. The van der Waals surface area contributed by atoms with Crippen molar-refractivity contribution in [2.75, 3.05) is 13.1 Å². The van der Waals surface area contributed by atoms with Crippen LogP contribution in [-0.2, 0) is 0 Å². The summed E-state index contributed by atoms with van der Waals surface area (Å²) in [6, 6.07) is 15.3. The molecule has 9 heteroatoms. The summed E-state index contributed by atoms with van der Waals surface area (Å²) in [7, 11) is 0. The van der Waals surface area contributed by atoms with E-state index in [2.05, 4.69) is 78.0 Å². The van der Waals surface area contributed by atoms with E-state index in [9.17, 15) is 0 Å². The number of nitrogens with one attached hydrogen (secondary N) is 4. The Kier molecular flexibility index (Phi) is 6.46. The van der Waals surface area contributed by atoms with E-state index in [1.54, 1.807) is 0 Å². The first-order valence-corrected chi connectivity index (χ1v) is 12.7. The van der Waals surface area contributed by atoms with Crippen LogP contribution in [0.5, 0.6) is 0 Å². The second-order valence-electron chi connectivity index (χ2n) is 9.71. The lowest BCUT2D eigenvalue weighted by atomic mass is 10.1. The number of hydrogen-bond donors (Lipinski definition) is 4. The number of benzene rings is 2. The predicted molar refractivity (Wildman–Crippen MR) is 147 cm³/mol. The molecule has 0 radical (unpaired) electrons. The molecule has 37 heavy (non-hydrogen) atoms. The predicted octanol–water partition coefficient (Wildman–Crippen LogP) is 5.35. The van der Waals surface area contributed by atoms with Crippen molar-refractivity contribution >= 4 is 23.3 Å². The average Bonchev–Trinajstić information content (AvgIpc) is 3.75. The topological polar surface area (TPSA) is 107 Å². The Hall–Kier alpha value is -3.59. The molecule has 5 aromatic rings. The first-order valence-electron chi connectivity index (χ1n) is 12.7. The zero-order chi connectivity index (χ0) is 23.9. The number of rotatable bonds is 5. The van der Waals surface area contributed by atoms with Gasteiger partial charge in [-0.15, -0.1) is 12.4 Å². The van der Waals surface area contributed by atoms with E-state index in [1.807, 2.05) is 18.6 Å². The van der Waals surface area contributed by atoms with Gasteiger partial charge in [-0.3, -0.25) is 0 Å². The smallest absolute Gasteiger partial charge is 0.159 e. The number of aromatic nitrogens is 6. The van der Waals surface area contributed by atoms with E-state index < -0.39 is 0 Å². The maximum Gasteiger partial charge on any atom is 0.159 e. The van der Waals surface area contributed by atoms with Crippen molar-refractivity contribution in [3.63, 3.8) is 0 Å². The van der Waals surface area contributed by atoms with Crippen molar-refractivity contribution in [3.8, 4) is 33.9 Å². The lowest BCUT2D eigenvalue weighted by Crippen LogP contribution is -2.14. The highest BCUT2D eigenvalue weighted by Gasteiger charge is 2.20. The summed E-state index contributed by atoms with van der Waals surface area (Å²) in [5, 5.41) is 7.99. The minimum Gasteiger partial charge on any atom is -0.341 e. The van der Waals surface area contributed by atoms with Crippen LogP contribution in [0.15, 0.2) is 61.1 Å². The van der Waals surface area contributed by atoms with Crippen LogP contribution in [0, 0.1) is 0 Å². The Morgan fingerprint density at radius 1 is 0.649 bits per heavy atom. The molecule has 2 atom stereocenters. The van der Waals surface area contributed by atoms with Gasteiger partial charge in [0.2, 0.25) is 0 Å². The Bertz CT molecular complexity index is 1510. The second-order valence-corrected chi connectivity index (χ2v) is 9.71. The number of nitrogens with zero attached hydrogens (tertiary/aromatic N) is 4. The van der Waals surface area contributed by atoms with E-state index in [0.29, 0.717) is 12.1 Å². The molecule has 2 aliphatic heterocycles. The summed E-state index contributed by atoms with van der Waals surface area (Å²) < 4.78 is 0. The van der Waals surface area contributed by atoms with Gasteiger partial charge in [-0.25, -0.2) is 19.9 Å². The maximum atomic E-state index is 4.83. The van der Waals surface area contributed by atoms with Gasteiger partial charge in [0.1, 0.15) is 11.6 Å². The highest BCUT2D eigenvalue weighted by molar-refractivity contribution is 5.85. The first-order chi connectivity index (χ1) is 17.8. The van der Waals surface area contributed by atoms with Gasteiger partial charge in [0.15, 0.2) is 5.82 Å². The minimum absolute atomic E-state index is 0. The van der Waals surface area contributed by atoms with Crippen molar-refractivity contribution in [3.05, 3.63) is 72.7 Å². The van der Waals surface area contributed by atoms with Gasteiger partial charge in [-0.2, -0.15) is 0 Å². The number of halogens is 1. The summed E-state index contributed by atoms with van der Waals surface area (Å²) >= 11 is 0. The van der Waals surface area contributed by atoms with Crippen LogP contribution in [0.25, 0.3) is 44.8 Å². The van der Waals surface area contributed by atoms with Gasteiger partial charge in [-0.1, -0.05) is 30.3 Å². The molecule has 5 heterocycles. The highest BCUT2D eigenvalue weighted by atomic mass is 35.5. The highest BCUT2D eigenvalue weighted by Crippen LogP contribution is 2.28. The second kappa shape index (κ2) is 10.0. The summed E-state index contributed by atoms with van der Waals surface area (Å²) in [6.07, 6.45) is 10.4. The van der Waals surface area contributed by atoms with Crippen LogP contribution in [0.4, 0.5) is 0 Å². The Labute approximate surface area is 221 Å². The summed E-state index contributed by atoms with van der Waals surface area (Å²) in [5.41, 5.74) is 6.16. The third kappa shape index (κ3) is 4.64. The molecule has 0 bridgehead atoms. The van der Waals surface area contributed by atoms with Gasteiger partial charge in [0.25, 0.3) is 0 Å². The third-order valence-electron chi connectivity index (χ3n) is 7.32. The quantitative estimate of drug-likeness (QED) is 0.253. The number of fused-ring (bicyclic) bond motifs is 1. The zero-order valence-corrected chi connectivity index (χ0v) is 21.2. The number of aromatic amines is 2. The molecular weight excluding hydrogens is 484 g/mol. The molecule has 2 saturated heterocycles. The molecule has 2 fully saturated rings. The van der Waals surface area contributed by atoms with Crippen LogP contribution in [0.1, 0.15) is 49.4 Å². The molecular formula is C28H29ClN8.